The molecule has 0 saturated heterocycles. The van der Waals surface area contributed by atoms with Gasteiger partial charge in [0.2, 0.25) is 6.20 Å². The van der Waals surface area contributed by atoms with E-state index in [-0.39, 0.29) is 0 Å². The molecule has 0 unspecified atom stereocenters. The Labute approximate surface area is 35.9 Å². The molecule has 1 aliphatic rings. The molecular weight excluding hydrogens is 76.1 g/mol. The Morgan fingerprint density at radius 1 is 2.00 bits per heavy atom. The Bertz CT molecular complexity index is 132. The van der Waals surface area contributed by atoms with Gasteiger partial charge in [-0.15, -0.1) is 0 Å². The maximum Gasteiger partial charge on any atom is 0.263 e. The lowest BCUT2D eigenvalue weighted by Gasteiger charge is -1.65. The molecule has 0 spiro atoms. The molecule has 0 aliphatic carbocycles. The monoisotopic (exact) mass is 80.0 g/mol. The van der Waals surface area contributed by atoms with E-state index in [2.05, 4.69) is 6.58 Å². The van der Waals surface area contributed by atoms with E-state index in [0.717, 1.165) is 10.4 Å². The SMILES string of the molecule is C=CC1=C[N+]1=[N-]. The summed E-state index contributed by atoms with van der Waals surface area (Å²) in [6.07, 6.45) is 3.16. The van der Waals surface area contributed by atoms with Crippen molar-refractivity contribution in [1.29, 1.82) is 0 Å². The van der Waals surface area contributed by atoms with Crippen LogP contribution in [-0.4, -0.2) is 4.70 Å². The molecule has 1 rings (SSSR count). The molecule has 0 aromatic rings. The van der Waals surface area contributed by atoms with Crippen LogP contribution >= 0.6 is 0 Å². The molecule has 0 N–H and O–H groups in total. The minimum absolute atomic E-state index is 0.787. The average molecular weight is 80.1 g/mol. The van der Waals surface area contributed by atoms with E-state index in [4.69, 9.17) is 5.53 Å². The molecule has 1 aliphatic heterocycles. The van der Waals surface area contributed by atoms with Crippen LogP contribution in [0.3, 0.4) is 0 Å². The molecule has 1 heterocycles. The highest BCUT2D eigenvalue weighted by atomic mass is 15.3. The Morgan fingerprint density at radius 2 is 2.50 bits per heavy atom. The lowest BCUT2D eigenvalue weighted by atomic mass is 10.6. The van der Waals surface area contributed by atoms with Crippen LogP contribution in [0.2, 0.25) is 0 Å². The molecule has 0 amide bonds. The predicted molar refractivity (Wildman–Crippen MR) is 21.9 cm³/mol. The fourth-order valence-electron chi connectivity index (χ4n) is 0.243. The Kier molecular flexibility index (Phi) is 0.422. The molecule has 0 saturated carbocycles. The lowest BCUT2D eigenvalue weighted by molar-refractivity contribution is -0.329. The molecule has 0 fully saturated rings. The highest BCUT2D eigenvalue weighted by Gasteiger charge is 2.15. The van der Waals surface area contributed by atoms with Gasteiger partial charge < -0.3 is 5.53 Å². The van der Waals surface area contributed by atoms with Gasteiger partial charge in [0.15, 0.2) is 0 Å². The summed E-state index contributed by atoms with van der Waals surface area (Å²) < 4.78 is 1.02. The van der Waals surface area contributed by atoms with Gasteiger partial charge in [-0.05, 0) is 0 Å². The van der Waals surface area contributed by atoms with Crippen molar-refractivity contribution in [2.45, 2.75) is 0 Å². The lowest BCUT2D eigenvalue weighted by Crippen LogP contribution is -1.61. The third-order valence-electron chi connectivity index (χ3n) is 0.661. The van der Waals surface area contributed by atoms with Crippen molar-refractivity contribution in [1.82, 2.24) is 0 Å². The summed E-state index contributed by atoms with van der Waals surface area (Å²) in [5.74, 6) is 0. The zero-order chi connectivity index (χ0) is 4.57. The van der Waals surface area contributed by atoms with Crippen LogP contribution in [-0.2, 0) is 0 Å². The number of hydrogen-bond donors (Lipinski definition) is 0. The fraction of sp³-hybridized carbons (Fsp3) is 0. The molecule has 6 heavy (non-hydrogen) atoms. The number of allylic oxidation sites excluding steroid dienone is 1. The Morgan fingerprint density at radius 3 is 2.50 bits per heavy atom. The summed E-state index contributed by atoms with van der Waals surface area (Å²) in [7, 11) is 0. The number of nitrogens with zero attached hydrogens (tertiary/aromatic N) is 2. The van der Waals surface area contributed by atoms with E-state index >= 15 is 0 Å². The molecular formula is C4H4N2. The van der Waals surface area contributed by atoms with Gasteiger partial charge in [-0.1, -0.05) is 6.58 Å². The number of rotatable bonds is 1. The van der Waals surface area contributed by atoms with Gasteiger partial charge in [0.05, 0.1) is 0 Å². The zero-order valence-electron chi connectivity index (χ0n) is 3.26. The Balaban J connectivity index is 2.63. The first-order valence-electron chi connectivity index (χ1n) is 1.67. The van der Waals surface area contributed by atoms with Crippen molar-refractivity contribution in [3.8, 4) is 0 Å². The van der Waals surface area contributed by atoms with E-state index in [1.54, 1.807) is 12.3 Å². The van der Waals surface area contributed by atoms with Crippen LogP contribution in [0.1, 0.15) is 0 Å². The second-order valence-corrected chi connectivity index (χ2v) is 1.10. The summed E-state index contributed by atoms with van der Waals surface area (Å²) in [5, 5.41) is 0. The van der Waals surface area contributed by atoms with Gasteiger partial charge in [0, 0.05) is 6.08 Å². The van der Waals surface area contributed by atoms with E-state index in [9.17, 15) is 0 Å². The first-order valence-corrected chi connectivity index (χ1v) is 1.67. The van der Waals surface area contributed by atoms with Crippen LogP contribution in [0.4, 0.5) is 0 Å². The van der Waals surface area contributed by atoms with Gasteiger partial charge in [-0.2, -0.15) is 0 Å². The van der Waals surface area contributed by atoms with Crippen LogP contribution in [0.5, 0.6) is 0 Å². The van der Waals surface area contributed by atoms with Crippen LogP contribution < -0.4 is 0 Å². The van der Waals surface area contributed by atoms with Crippen molar-refractivity contribution in [3.63, 3.8) is 0 Å². The maximum absolute atomic E-state index is 8.30. The fourth-order valence-corrected chi connectivity index (χ4v) is 0.243. The Hall–Kier alpha value is -0.920. The van der Waals surface area contributed by atoms with Gasteiger partial charge >= 0.3 is 0 Å². The smallest absolute Gasteiger partial charge is 0.263 e. The van der Waals surface area contributed by atoms with E-state index < -0.39 is 0 Å². The highest BCUT2D eigenvalue weighted by Crippen LogP contribution is 2.11. The molecule has 2 nitrogen and oxygen atoms in total. The van der Waals surface area contributed by atoms with Crippen molar-refractivity contribution >= 4 is 0 Å². The van der Waals surface area contributed by atoms with E-state index in [1.165, 1.54) is 0 Å². The van der Waals surface area contributed by atoms with Crippen molar-refractivity contribution in [2.75, 3.05) is 0 Å². The first-order chi connectivity index (χ1) is 2.84. The third-order valence-corrected chi connectivity index (χ3v) is 0.661. The largest absolute Gasteiger partial charge is 0.493 e. The van der Waals surface area contributed by atoms with Crippen LogP contribution in [0.25, 0.3) is 5.53 Å². The van der Waals surface area contributed by atoms with Crippen molar-refractivity contribution in [2.24, 2.45) is 0 Å². The molecule has 0 bridgehead atoms. The molecule has 0 aromatic heterocycles. The minimum atomic E-state index is 0.787. The number of hydrogen-bond acceptors (Lipinski definition) is 0. The molecule has 2 heteroatoms. The minimum Gasteiger partial charge on any atom is -0.493 e. The van der Waals surface area contributed by atoms with Gasteiger partial charge in [-0.25, -0.2) is 4.70 Å². The summed E-state index contributed by atoms with van der Waals surface area (Å²) in [4.78, 5) is 0. The van der Waals surface area contributed by atoms with Crippen molar-refractivity contribution < 1.29 is 4.70 Å². The van der Waals surface area contributed by atoms with Crippen molar-refractivity contribution in [3.05, 3.63) is 30.1 Å². The molecule has 0 atom stereocenters. The summed E-state index contributed by atoms with van der Waals surface area (Å²) >= 11 is 0. The summed E-state index contributed by atoms with van der Waals surface area (Å²) in [6, 6.07) is 0. The van der Waals surface area contributed by atoms with Crippen LogP contribution in [0.15, 0.2) is 24.6 Å². The third kappa shape index (κ3) is 0.266. The van der Waals surface area contributed by atoms with E-state index in [1.807, 2.05) is 0 Å². The summed E-state index contributed by atoms with van der Waals surface area (Å²) in [5.41, 5.74) is 9.08. The average Bonchev–Trinajstić information content (AvgIpc) is 2.19. The first kappa shape index (κ1) is 3.28. The molecule has 0 radical (unpaired) electrons. The standard InChI is InChI=1S/C4H4N2/c1-2-4-3-6(4)5/h2-3H,1H2. The molecule has 30 valence electrons. The second-order valence-electron chi connectivity index (χ2n) is 1.10. The van der Waals surface area contributed by atoms with Gasteiger partial charge in [0.25, 0.3) is 5.70 Å². The zero-order valence-corrected chi connectivity index (χ0v) is 3.26. The highest BCUT2D eigenvalue weighted by molar-refractivity contribution is 5.12. The topological polar surface area (TPSA) is 25.3 Å². The summed E-state index contributed by atoms with van der Waals surface area (Å²) in [6.45, 7) is 3.40. The van der Waals surface area contributed by atoms with Crippen LogP contribution in [0, 0.1) is 0 Å². The van der Waals surface area contributed by atoms with E-state index in [0.29, 0.717) is 0 Å². The predicted octanol–water partition coefficient (Wildman–Crippen LogP) is 1.06. The second kappa shape index (κ2) is 0.772. The molecule has 0 aromatic carbocycles. The normalized spacial score (nSPS) is 16.7. The van der Waals surface area contributed by atoms with Gasteiger partial charge in [0.1, 0.15) is 0 Å². The maximum atomic E-state index is 8.30. The van der Waals surface area contributed by atoms with Gasteiger partial charge in [-0.3, -0.25) is 0 Å². The quantitative estimate of drug-likeness (QED) is 0.421.